The molecule has 0 amide bonds. The van der Waals surface area contributed by atoms with Gasteiger partial charge >= 0.3 is 0 Å². The molecule has 1 atom stereocenters. The minimum Gasteiger partial charge on any atom is -0.330 e. The van der Waals surface area contributed by atoms with E-state index in [0.29, 0.717) is 18.5 Å². The molecule has 0 saturated carbocycles. The Morgan fingerprint density at radius 2 is 2.23 bits per heavy atom. The molecule has 0 saturated heterocycles. The van der Waals surface area contributed by atoms with Crippen molar-refractivity contribution >= 4 is 15.9 Å². The predicted octanol–water partition coefficient (Wildman–Crippen LogP) is 3.12. The topological polar surface area (TPSA) is 26.0 Å². The number of aryl methyl sites for hydroxylation is 1. The maximum Gasteiger partial charge on any atom is 0.127 e. The zero-order valence-electron chi connectivity index (χ0n) is 7.56. The Balaban J connectivity index is 2.88. The van der Waals surface area contributed by atoms with Crippen LogP contribution in [0.4, 0.5) is 4.39 Å². The van der Waals surface area contributed by atoms with Crippen LogP contribution in [-0.4, -0.2) is 6.54 Å². The average Bonchev–Trinajstić information content (AvgIpc) is 2.04. The molecule has 1 rings (SSSR count). The number of nitrogens with two attached hydrogens (primary N) is 1. The Hall–Kier alpha value is -0.410. The first kappa shape index (κ1) is 10.7. The molecule has 0 heterocycles. The molecule has 0 aliphatic rings. The molecule has 1 aromatic rings. The molecule has 1 unspecified atom stereocenters. The first-order chi connectivity index (χ1) is 6.15. The van der Waals surface area contributed by atoms with E-state index in [1.807, 2.05) is 19.1 Å². The summed E-state index contributed by atoms with van der Waals surface area (Å²) < 4.78 is 14.2. The molecule has 0 radical (unpaired) electrons. The SMILES string of the molecule is Cc1ccc(C(F)CCN)c(Br)c1. The van der Waals surface area contributed by atoms with Gasteiger partial charge in [0.2, 0.25) is 0 Å². The summed E-state index contributed by atoms with van der Waals surface area (Å²) in [7, 11) is 0. The normalized spacial score (nSPS) is 12.9. The van der Waals surface area contributed by atoms with Crippen molar-refractivity contribution in [3.8, 4) is 0 Å². The van der Waals surface area contributed by atoms with Gasteiger partial charge in [0.25, 0.3) is 0 Å². The second-order valence-corrected chi connectivity index (χ2v) is 3.92. The summed E-state index contributed by atoms with van der Waals surface area (Å²) in [6.45, 7) is 2.35. The number of hydrogen-bond acceptors (Lipinski definition) is 1. The quantitative estimate of drug-likeness (QED) is 0.871. The molecule has 0 aromatic heterocycles. The van der Waals surface area contributed by atoms with Gasteiger partial charge in [-0.2, -0.15) is 0 Å². The standard InChI is InChI=1S/C10H13BrFN/c1-7-2-3-8(9(11)6-7)10(12)4-5-13/h2-3,6,10H,4-5,13H2,1H3. The average molecular weight is 246 g/mol. The fourth-order valence-electron chi connectivity index (χ4n) is 1.19. The summed E-state index contributed by atoms with van der Waals surface area (Å²) in [6, 6.07) is 5.63. The third-order valence-corrected chi connectivity index (χ3v) is 2.60. The fraction of sp³-hybridized carbons (Fsp3) is 0.400. The molecule has 0 aliphatic carbocycles. The van der Waals surface area contributed by atoms with E-state index in [4.69, 9.17) is 5.73 Å². The van der Waals surface area contributed by atoms with Crippen LogP contribution in [-0.2, 0) is 0 Å². The first-order valence-electron chi connectivity index (χ1n) is 4.25. The van der Waals surface area contributed by atoms with E-state index in [0.717, 1.165) is 10.0 Å². The lowest BCUT2D eigenvalue weighted by Crippen LogP contribution is -2.04. The van der Waals surface area contributed by atoms with Crippen LogP contribution >= 0.6 is 15.9 Å². The molecular formula is C10H13BrFN. The van der Waals surface area contributed by atoms with Crippen LogP contribution < -0.4 is 5.73 Å². The maximum atomic E-state index is 13.4. The molecule has 2 N–H and O–H groups in total. The smallest absolute Gasteiger partial charge is 0.127 e. The van der Waals surface area contributed by atoms with E-state index in [-0.39, 0.29) is 0 Å². The summed E-state index contributed by atoms with van der Waals surface area (Å²) in [6.07, 6.45) is -0.582. The van der Waals surface area contributed by atoms with Gasteiger partial charge in [0.1, 0.15) is 6.17 Å². The van der Waals surface area contributed by atoms with E-state index >= 15 is 0 Å². The predicted molar refractivity (Wildman–Crippen MR) is 56.4 cm³/mol. The highest BCUT2D eigenvalue weighted by Gasteiger charge is 2.11. The van der Waals surface area contributed by atoms with Crippen molar-refractivity contribution in [2.24, 2.45) is 5.73 Å². The molecule has 1 aromatic carbocycles. The Kier molecular flexibility index (Phi) is 3.88. The molecule has 0 bridgehead atoms. The Morgan fingerprint density at radius 1 is 1.54 bits per heavy atom. The minimum absolute atomic E-state index is 0.376. The number of benzene rings is 1. The molecular weight excluding hydrogens is 233 g/mol. The molecule has 0 fully saturated rings. The zero-order valence-corrected chi connectivity index (χ0v) is 9.14. The van der Waals surface area contributed by atoms with Crippen molar-refractivity contribution in [3.05, 3.63) is 33.8 Å². The van der Waals surface area contributed by atoms with Crippen LogP contribution in [0.15, 0.2) is 22.7 Å². The minimum atomic E-state index is -0.958. The summed E-state index contributed by atoms with van der Waals surface area (Å²) >= 11 is 3.34. The molecule has 13 heavy (non-hydrogen) atoms. The van der Waals surface area contributed by atoms with Crippen molar-refractivity contribution in [1.29, 1.82) is 0 Å². The van der Waals surface area contributed by atoms with Crippen LogP contribution in [0.2, 0.25) is 0 Å². The Labute approximate surface area is 86.3 Å². The number of hydrogen-bond donors (Lipinski definition) is 1. The largest absolute Gasteiger partial charge is 0.330 e. The van der Waals surface area contributed by atoms with Gasteiger partial charge in [0, 0.05) is 10.0 Å². The van der Waals surface area contributed by atoms with Gasteiger partial charge in [0.15, 0.2) is 0 Å². The fourth-order valence-corrected chi connectivity index (χ4v) is 1.93. The van der Waals surface area contributed by atoms with Gasteiger partial charge in [-0.25, -0.2) is 4.39 Å². The second kappa shape index (κ2) is 4.72. The van der Waals surface area contributed by atoms with Crippen LogP contribution in [0.5, 0.6) is 0 Å². The molecule has 0 spiro atoms. The van der Waals surface area contributed by atoms with Crippen molar-refractivity contribution in [1.82, 2.24) is 0 Å². The van der Waals surface area contributed by atoms with Crippen molar-refractivity contribution < 1.29 is 4.39 Å². The molecule has 3 heteroatoms. The first-order valence-corrected chi connectivity index (χ1v) is 5.04. The monoisotopic (exact) mass is 245 g/mol. The van der Waals surface area contributed by atoms with E-state index in [1.54, 1.807) is 6.07 Å². The second-order valence-electron chi connectivity index (χ2n) is 3.07. The Morgan fingerprint density at radius 3 is 2.77 bits per heavy atom. The summed E-state index contributed by atoms with van der Waals surface area (Å²) in [5.41, 5.74) is 7.10. The lowest BCUT2D eigenvalue weighted by atomic mass is 10.1. The lowest BCUT2D eigenvalue weighted by molar-refractivity contribution is 0.326. The van der Waals surface area contributed by atoms with Gasteiger partial charge in [0.05, 0.1) is 0 Å². The van der Waals surface area contributed by atoms with Crippen LogP contribution in [0.1, 0.15) is 23.7 Å². The van der Waals surface area contributed by atoms with Gasteiger partial charge < -0.3 is 5.73 Å². The van der Waals surface area contributed by atoms with E-state index < -0.39 is 6.17 Å². The van der Waals surface area contributed by atoms with Crippen molar-refractivity contribution in [3.63, 3.8) is 0 Å². The summed E-state index contributed by atoms with van der Waals surface area (Å²) in [4.78, 5) is 0. The summed E-state index contributed by atoms with van der Waals surface area (Å²) in [5, 5.41) is 0. The van der Waals surface area contributed by atoms with Gasteiger partial charge in [-0.1, -0.05) is 28.1 Å². The highest BCUT2D eigenvalue weighted by molar-refractivity contribution is 9.10. The highest BCUT2D eigenvalue weighted by Crippen LogP contribution is 2.28. The van der Waals surface area contributed by atoms with Crippen molar-refractivity contribution in [2.75, 3.05) is 6.54 Å². The number of alkyl halides is 1. The van der Waals surface area contributed by atoms with Gasteiger partial charge in [-0.3, -0.25) is 0 Å². The third-order valence-electron chi connectivity index (χ3n) is 1.91. The summed E-state index contributed by atoms with van der Waals surface area (Å²) in [5.74, 6) is 0. The lowest BCUT2D eigenvalue weighted by Gasteiger charge is -2.09. The van der Waals surface area contributed by atoms with E-state index in [1.165, 1.54) is 0 Å². The van der Waals surface area contributed by atoms with E-state index in [9.17, 15) is 4.39 Å². The van der Waals surface area contributed by atoms with Crippen molar-refractivity contribution in [2.45, 2.75) is 19.5 Å². The Bertz CT molecular complexity index is 288. The maximum absolute atomic E-state index is 13.4. The van der Waals surface area contributed by atoms with Crippen LogP contribution in [0, 0.1) is 6.92 Å². The highest BCUT2D eigenvalue weighted by atomic mass is 79.9. The molecule has 0 aliphatic heterocycles. The van der Waals surface area contributed by atoms with E-state index in [2.05, 4.69) is 15.9 Å². The third kappa shape index (κ3) is 2.78. The number of halogens is 2. The number of rotatable bonds is 3. The van der Waals surface area contributed by atoms with Crippen LogP contribution in [0.25, 0.3) is 0 Å². The molecule has 1 nitrogen and oxygen atoms in total. The molecule has 72 valence electrons. The zero-order chi connectivity index (χ0) is 9.84. The van der Waals surface area contributed by atoms with Gasteiger partial charge in [-0.05, 0) is 31.5 Å². The van der Waals surface area contributed by atoms with Gasteiger partial charge in [-0.15, -0.1) is 0 Å². The van der Waals surface area contributed by atoms with Crippen LogP contribution in [0.3, 0.4) is 0 Å².